The van der Waals surface area contributed by atoms with Gasteiger partial charge in [0.25, 0.3) is 5.56 Å². The van der Waals surface area contributed by atoms with Crippen LogP contribution in [0.15, 0.2) is 52.3 Å². The third-order valence-corrected chi connectivity index (χ3v) is 5.37. The Hall–Kier alpha value is -2.03. The smallest absolute Gasteiger partial charge is 0.254 e. The molecular formula is C16H21FN3O3S+. The van der Waals surface area contributed by atoms with Crippen LogP contribution in [0.3, 0.4) is 0 Å². The lowest BCUT2D eigenvalue weighted by atomic mass is 10.2. The van der Waals surface area contributed by atoms with E-state index in [1.54, 1.807) is 6.07 Å². The van der Waals surface area contributed by atoms with Crippen molar-refractivity contribution in [3.05, 3.63) is 64.3 Å². The molecule has 1 heterocycles. The van der Waals surface area contributed by atoms with E-state index in [0.29, 0.717) is 6.54 Å². The summed E-state index contributed by atoms with van der Waals surface area (Å²) >= 11 is 0. The van der Waals surface area contributed by atoms with Gasteiger partial charge in [0, 0.05) is 31.9 Å². The second-order valence-corrected chi connectivity index (χ2v) is 8.03. The van der Waals surface area contributed by atoms with E-state index in [4.69, 9.17) is 0 Å². The minimum atomic E-state index is -3.60. The Kier molecular flexibility index (Phi) is 5.53. The first-order valence-corrected chi connectivity index (χ1v) is 8.83. The van der Waals surface area contributed by atoms with Crippen LogP contribution >= 0.6 is 0 Å². The molecule has 0 bridgehead atoms. The van der Waals surface area contributed by atoms with Gasteiger partial charge < -0.3 is 4.90 Å². The number of benzene rings is 1. The third-order valence-electron chi connectivity index (χ3n) is 3.57. The molecule has 1 aromatic carbocycles. The van der Waals surface area contributed by atoms with Crippen molar-refractivity contribution in [2.75, 3.05) is 21.1 Å². The van der Waals surface area contributed by atoms with Gasteiger partial charge in [-0.1, -0.05) is 12.1 Å². The molecule has 0 saturated heterocycles. The summed E-state index contributed by atoms with van der Waals surface area (Å²) in [4.78, 5) is 13.0. The summed E-state index contributed by atoms with van der Waals surface area (Å²) in [5.74, 6) is -0.309. The molecule has 130 valence electrons. The number of rotatable bonds is 6. The van der Waals surface area contributed by atoms with Crippen molar-refractivity contribution in [1.29, 1.82) is 0 Å². The number of halogens is 1. The maximum atomic E-state index is 13.2. The fourth-order valence-corrected chi connectivity index (χ4v) is 3.26. The van der Waals surface area contributed by atoms with Crippen LogP contribution in [0, 0.1) is 5.82 Å². The molecule has 0 aliphatic rings. The van der Waals surface area contributed by atoms with Gasteiger partial charge in [-0.05, 0) is 18.2 Å². The monoisotopic (exact) mass is 354 g/mol. The normalized spacial score (nSPS) is 13.2. The Labute approximate surface area is 140 Å². The van der Waals surface area contributed by atoms with E-state index in [9.17, 15) is 17.6 Å². The number of quaternary nitrogens is 1. The van der Waals surface area contributed by atoms with Crippen molar-refractivity contribution in [3.8, 4) is 0 Å². The van der Waals surface area contributed by atoms with Crippen LogP contribution in [0.25, 0.3) is 0 Å². The predicted molar refractivity (Wildman–Crippen MR) is 88.6 cm³/mol. The van der Waals surface area contributed by atoms with Gasteiger partial charge in [-0.2, -0.15) is 0 Å². The summed E-state index contributed by atoms with van der Waals surface area (Å²) in [5, 5.41) is 0. The van der Waals surface area contributed by atoms with Crippen molar-refractivity contribution < 1.29 is 17.7 Å². The van der Waals surface area contributed by atoms with Gasteiger partial charge in [-0.25, -0.2) is 17.1 Å². The molecule has 0 aliphatic heterocycles. The van der Waals surface area contributed by atoms with Gasteiger partial charge in [0.05, 0.1) is 11.9 Å². The summed E-state index contributed by atoms with van der Waals surface area (Å²) in [6.07, 6.45) is 1.34. The fourth-order valence-electron chi connectivity index (χ4n) is 2.34. The Bertz CT molecular complexity index is 878. The van der Waals surface area contributed by atoms with E-state index in [2.05, 4.69) is 0 Å². The summed E-state index contributed by atoms with van der Waals surface area (Å²) < 4.78 is 40.0. The van der Waals surface area contributed by atoms with Gasteiger partial charge in [0.1, 0.15) is 12.4 Å². The topological polar surface area (TPSA) is 63.8 Å². The van der Waals surface area contributed by atoms with Crippen LogP contribution in [-0.4, -0.2) is 38.4 Å². The largest absolute Gasteiger partial charge is 0.316 e. The SMILES string of the molecule is CN(C)S(=O)(=O)c1ccc(=O)n(C[NH+](C)Cc2cccc(F)c2)c1. The molecule has 8 heteroatoms. The highest BCUT2D eigenvalue weighted by atomic mass is 32.2. The zero-order valence-electron chi connectivity index (χ0n) is 13.9. The molecule has 0 spiro atoms. The molecule has 6 nitrogen and oxygen atoms in total. The number of nitrogens with one attached hydrogen (secondary N) is 1. The quantitative estimate of drug-likeness (QED) is 0.789. The Balaban J connectivity index is 2.21. The van der Waals surface area contributed by atoms with Crippen molar-refractivity contribution in [1.82, 2.24) is 8.87 Å². The lowest BCUT2D eigenvalue weighted by molar-refractivity contribution is -0.917. The van der Waals surface area contributed by atoms with E-state index in [1.807, 2.05) is 13.1 Å². The second kappa shape index (κ2) is 7.25. The average molecular weight is 354 g/mol. The Morgan fingerprint density at radius 1 is 1.21 bits per heavy atom. The lowest BCUT2D eigenvalue weighted by Gasteiger charge is -2.17. The van der Waals surface area contributed by atoms with Crippen molar-refractivity contribution >= 4 is 10.0 Å². The molecule has 2 rings (SSSR count). The van der Waals surface area contributed by atoms with Gasteiger partial charge in [-0.15, -0.1) is 0 Å². The summed E-state index contributed by atoms with van der Waals surface area (Å²) in [6.45, 7) is 0.779. The molecule has 1 atom stereocenters. The maximum Gasteiger partial charge on any atom is 0.254 e. The number of aromatic nitrogens is 1. The van der Waals surface area contributed by atoms with Crippen LogP contribution in [0.1, 0.15) is 5.56 Å². The summed E-state index contributed by atoms with van der Waals surface area (Å²) in [6, 6.07) is 8.80. The first-order valence-electron chi connectivity index (χ1n) is 7.39. The number of sulfonamides is 1. The molecule has 1 aromatic heterocycles. The van der Waals surface area contributed by atoms with Gasteiger partial charge in [0.2, 0.25) is 10.0 Å². The standard InChI is InChI=1S/C16H20FN3O3S/c1-18(2)24(22,23)15-7-8-16(21)20(11-15)12-19(3)10-13-5-4-6-14(17)9-13/h4-9,11H,10,12H2,1-3H3/p+1. The highest BCUT2D eigenvalue weighted by molar-refractivity contribution is 7.89. The first-order chi connectivity index (χ1) is 11.2. The second-order valence-electron chi connectivity index (χ2n) is 5.88. The van der Waals surface area contributed by atoms with E-state index in [-0.39, 0.29) is 22.9 Å². The predicted octanol–water partition coefficient (Wildman–Crippen LogP) is -0.0899. The van der Waals surface area contributed by atoms with E-state index >= 15 is 0 Å². The summed E-state index contributed by atoms with van der Waals surface area (Å²) in [5.41, 5.74) is 0.518. The molecule has 2 aromatic rings. The number of hydrogen-bond donors (Lipinski definition) is 1. The zero-order valence-corrected chi connectivity index (χ0v) is 14.7. The average Bonchev–Trinajstić information content (AvgIpc) is 2.49. The molecule has 0 saturated carbocycles. The minimum absolute atomic E-state index is 0.0608. The summed E-state index contributed by atoms with van der Waals surface area (Å²) in [7, 11) is 1.12. The van der Waals surface area contributed by atoms with Crippen molar-refractivity contribution in [2.45, 2.75) is 18.1 Å². The highest BCUT2D eigenvalue weighted by Crippen LogP contribution is 2.10. The van der Waals surface area contributed by atoms with Gasteiger partial charge in [0.15, 0.2) is 6.67 Å². The Morgan fingerprint density at radius 2 is 1.92 bits per heavy atom. The van der Waals surface area contributed by atoms with E-state index < -0.39 is 10.0 Å². The van der Waals surface area contributed by atoms with Gasteiger partial charge in [-0.3, -0.25) is 9.36 Å². The van der Waals surface area contributed by atoms with Crippen LogP contribution in [0.2, 0.25) is 0 Å². The Morgan fingerprint density at radius 3 is 2.54 bits per heavy atom. The maximum absolute atomic E-state index is 13.2. The van der Waals surface area contributed by atoms with Crippen LogP contribution in [0.4, 0.5) is 4.39 Å². The fraction of sp³-hybridized carbons (Fsp3) is 0.312. The van der Waals surface area contributed by atoms with Crippen molar-refractivity contribution in [3.63, 3.8) is 0 Å². The molecule has 0 radical (unpaired) electrons. The molecule has 1 unspecified atom stereocenters. The number of pyridine rings is 1. The van der Waals surface area contributed by atoms with Crippen LogP contribution in [0.5, 0.6) is 0 Å². The third kappa shape index (κ3) is 4.28. The first kappa shape index (κ1) is 18.3. The van der Waals surface area contributed by atoms with E-state index in [0.717, 1.165) is 14.8 Å². The lowest BCUT2D eigenvalue weighted by Crippen LogP contribution is -3.07. The molecule has 24 heavy (non-hydrogen) atoms. The van der Waals surface area contributed by atoms with E-state index in [1.165, 1.54) is 49.1 Å². The molecular weight excluding hydrogens is 333 g/mol. The van der Waals surface area contributed by atoms with Crippen LogP contribution in [-0.2, 0) is 23.2 Å². The molecule has 0 fully saturated rings. The highest BCUT2D eigenvalue weighted by Gasteiger charge is 2.18. The molecule has 0 amide bonds. The number of nitrogens with zero attached hydrogens (tertiary/aromatic N) is 2. The van der Waals surface area contributed by atoms with Crippen molar-refractivity contribution in [2.24, 2.45) is 0 Å². The molecule has 1 N–H and O–H groups in total. The minimum Gasteiger partial charge on any atom is -0.316 e. The zero-order chi connectivity index (χ0) is 17.9. The van der Waals surface area contributed by atoms with Crippen LogP contribution < -0.4 is 10.5 Å². The molecule has 0 aliphatic carbocycles. The number of hydrogen-bond acceptors (Lipinski definition) is 3. The van der Waals surface area contributed by atoms with Gasteiger partial charge >= 0.3 is 0 Å².